The molecule has 1 saturated heterocycles. The minimum absolute atomic E-state index is 0.0515. The van der Waals surface area contributed by atoms with E-state index < -0.39 is 19.7 Å². The quantitative estimate of drug-likeness (QED) is 0.421. The maximum Gasteiger partial charge on any atom is 0.421 e. The van der Waals surface area contributed by atoms with E-state index in [-0.39, 0.29) is 12.0 Å². The van der Waals surface area contributed by atoms with Crippen LogP contribution in [0.2, 0.25) is 0 Å². The van der Waals surface area contributed by atoms with Crippen LogP contribution in [-0.4, -0.2) is 39.9 Å². The third-order valence-electron chi connectivity index (χ3n) is 3.82. The Morgan fingerprint density at radius 2 is 2.00 bits per heavy atom. The number of benzene rings is 1. The molecule has 1 aliphatic heterocycles. The molecule has 25 heavy (non-hydrogen) atoms. The van der Waals surface area contributed by atoms with Gasteiger partial charge in [0.2, 0.25) is 0 Å². The zero-order chi connectivity index (χ0) is 18.6. The van der Waals surface area contributed by atoms with E-state index in [0.29, 0.717) is 10.1 Å². The second-order valence-electron chi connectivity index (χ2n) is 6.03. The highest BCUT2D eigenvalue weighted by Crippen LogP contribution is 2.54. The normalized spacial score (nSPS) is 21.1. The summed E-state index contributed by atoms with van der Waals surface area (Å²) in [6.07, 6.45) is 0. The molecule has 1 aliphatic rings. The average molecular weight is 402 g/mol. The van der Waals surface area contributed by atoms with Crippen LogP contribution < -0.4 is 9.61 Å². The number of para-hydroxylation sites is 1. The first-order chi connectivity index (χ1) is 11.8. The van der Waals surface area contributed by atoms with Gasteiger partial charge in [-0.1, -0.05) is 56.0 Å². The molecule has 1 unspecified atom stereocenters. The molecule has 1 heterocycles. The molecule has 0 amide bonds. The molecule has 9 heteroatoms. The van der Waals surface area contributed by atoms with Crippen molar-refractivity contribution in [1.29, 1.82) is 0 Å². The molecule has 0 aromatic heterocycles. The first-order valence-electron chi connectivity index (χ1n) is 7.95. The van der Waals surface area contributed by atoms with Gasteiger partial charge in [0.25, 0.3) is 0 Å². The summed E-state index contributed by atoms with van der Waals surface area (Å²) < 4.78 is 26.6. The molecular weight excluding hydrogens is 379 g/mol. The molecule has 6 nitrogen and oxygen atoms in total. The van der Waals surface area contributed by atoms with Crippen molar-refractivity contribution < 1.29 is 18.6 Å². The summed E-state index contributed by atoms with van der Waals surface area (Å²) in [6.45, 7) is 5.68. The van der Waals surface area contributed by atoms with E-state index in [9.17, 15) is 9.36 Å². The van der Waals surface area contributed by atoms with Gasteiger partial charge >= 0.3 is 13.6 Å². The van der Waals surface area contributed by atoms with Gasteiger partial charge in [-0.3, -0.25) is 9.46 Å². The molecule has 0 bridgehead atoms. The third-order valence-corrected chi connectivity index (χ3v) is 7.82. The molecular formula is C16H23N2O4PS2. The van der Waals surface area contributed by atoms with E-state index in [2.05, 4.69) is 5.09 Å². The molecule has 0 spiro atoms. The number of nitrogens with zero attached hydrogens (tertiary/aromatic N) is 1. The molecule has 0 radical (unpaired) electrons. The summed E-state index contributed by atoms with van der Waals surface area (Å²) >= 11 is 6.90. The van der Waals surface area contributed by atoms with Crippen molar-refractivity contribution in [2.24, 2.45) is 5.92 Å². The van der Waals surface area contributed by atoms with E-state index in [1.54, 1.807) is 35.9 Å². The Balaban J connectivity index is 2.38. The Hall–Kier alpha value is -1.08. The topological polar surface area (TPSA) is 67.9 Å². The minimum Gasteiger partial charge on any atom is -0.468 e. The van der Waals surface area contributed by atoms with Crippen LogP contribution in [0, 0.1) is 5.92 Å². The fraction of sp³-hybridized carbons (Fsp3) is 0.500. The van der Waals surface area contributed by atoms with Crippen molar-refractivity contribution in [3.05, 3.63) is 30.3 Å². The number of hydrogen-bond acceptors (Lipinski definition) is 6. The van der Waals surface area contributed by atoms with Crippen LogP contribution in [0.4, 0.5) is 0 Å². The number of carbonyl (C=O) groups excluding carboxylic acids is 1. The predicted molar refractivity (Wildman–Crippen MR) is 105 cm³/mol. The van der Waals surface area contributed by atoms with Crippen molar-refractivity contribution in [3.63, 3.8) is 0 Å². The number of rotatable bonds is 7. The van der Waals surface area contributed by atoms with E-state index in [1.165, 1.54) is 18.9 Å². The smallest absolute Gasteiger partial charge is 0.421 e. The molecule has 0 aliphatic carbocycles. The van der Waals surface area contributed by atoms with Gasteiger partial charge in [0, 0.05) is 5.75 Å². The van der Waals surface area contributed by atoms with Crippen LogP contribution in [-0.2, 0) is 14.1 Å². The summed E-state index contributed by atoms with van der Waals surface area (Å²) in [6, 6.07) is 8.00. The number of ether oxygens (including phenoxy) is 1. The molecule has 0 saturated carbocycles. The first-order valence-corrected chi connectivity index (χ1v) is 10.9. The van der Waals surface area contributed by atoms with Crippen LogP contribution in [0.5, 0.6) is 5.75 Å². The van der Waals surface area contributed by atoms with Crippen LogP contribution in [0.25, 0.3) is 0 Å². The van der Waals surface area contributed by atoms with Crippen molar-refractivity contribution in [3.8, 4) is 5.75 Å². The lowest BCUT2D eigenvalue weighted by Crippen LogP contribution is -2.44. The SMILES string of the molecule is COC(=O)[C@H](C)NP(=O)(Oc1ccccc1)N1C(=S)SC[C@@H]1C(C)C. The Morgan fingerprint density at radius 1 is 1.36 bits per heavy atom. The highest BCUT2D eigenvalue weighted by atomic mass is 32.2. The zero-order valence-electron chi connectivity index (χ0n) is 14.7. The lowest BCUT2D eigenvalue weighted by molar-refractivity contribution is -0.142. The second-order valence-corrected chi connectivity index (χ2v) is 9.60. The van der Waals surface area contributed by atoms with Gasteiger partial charge in [-0.05, 0) is 25.0 Å². The van der Waals surface area contributed by atoms with Crippen LogP contribution >= 0.6 is 31.7 Å². The van der Waals surface area contributed by atoms with Crippen LogP contribution in [0.1, 0.15) is 20.8 Å². The number of thiocarbonyl (C=S) groups is 1. The zero-order valence-corrected chi connectivity index (χ0v) is 17.2. The second kappa shape index (κ2) is 8.54. The summed E-state index contributed by atoms with van der Waals surface area (Å²) in [5.41, 5.74) is 0. The highest BCUT2D eigenvalue weighted by molar-refractivity contribution is 8.23. The average Bonchev–Trinajstić information content (AvgIpc) is 2.97. The van der Waals surface area contributed by atoms with E-state index >= 15 is 0 Å². The van der Waals surface area contributed by atoms with Gasteiger partial charge in [-0.15, -0.1) is 0 Å². The summed E-state index contributed by atoms with van der Waals surface area (Å²) in [4.78, 5) is 11.8. The van der Waals surface area contributed by atoms with Gasteiger partial charge in [0.15, 0.2) is 0 Å². The van der Waals surface area contributed by atoms with Gasteiger partial charge in [-0.25, -0.2) is 9.65 Å². The highest BCUT2D eigenvalue weighted by Gasteiger charge is 2.46. The molecule has 2 rings (SSSR count). The molecule has 1 aromatic carbocycles. The van der Waals surface area contributed by atoms with Crippen LogP contribution in [0.3, 0.4) is 0 Å². The molecule has 1 N–H and O–H groups in total. The summed E-state index contributed by atoms with van der Waals surface area (Å²) in [5.74, 6) is 0.872. The Labute approximate surface area is 158 Å². The maximum absolute atomic E-state index is 13.8. The van der Waals surface area contributed by atoms with Gasteiger partial charge in [0.05, 0.1) is 13.2 Å². The number of esters is 1. The number of thioether (sulfide) groups is 1. The lowest BCUT2D eigenvalue weighted by Gasteiger charge is -2.35. The number of methoxy groups -OCH3 is 1. The fourth-order valence-electron chi connectivity index (χ4n) is 2.44. The largest absolute Gasteiger partial charge is 0.468 e. The van der Waals surface area contributed by atoms with E-state index in [4.69, 9.17) is 21.5 Å². The van der Waals surface area contributed by atoms with Gasteiger partial charge in [-0.2, -0.15) is 0 Å². The molecule has 3 atom stereocenters. The van der Waals surface area contributed by atoms with Gasteiger partial charge in [0.1, 0.15) is 16.1 Å². The maximum atomic E-state index is 13.8. The fourth-order valence-corrected chi connectivity index (χ4v) is 7.04. The lowest BCUT2D eigenvalue weighted by atomic mass is 10.1. The van der Waals surface area contributed by atoms with Crippen molar-refractivity contribution in [2.45, 2.75) is 32.9 Å². The minimum atomic E-state index is -3.66. The van der Waals surface area contributed by atoms with E-state index in [0.717, 1.165) is 5.75 Å². The Kier molecular flexibility index (Phi) is 6.91. The third kappa shape index (κ3) is 4.76. The van der Waals surface area contributed by atoms with Crippen LogP contribution in [0.15, 0.2) is 30.3 Å². The number of nitrogens with one attached hydrogen (secondary N) is 1. The van der Waals surface area contributed by atoms with Gasteiger partial charge < -0.3 is 9.26 Å². The van der Waals surface area contributed by atoms with Crippen molar-refractivity contribution >= 4 is 41.9 Å². The number of hydrogen-bond donors (Lipinski definition) is 1. The predicted octanol–water partition coefficient (Wildman–Crippen LogP) is 3.68. The summed E-state index contributed by atoms with van der Waals surface area (Å²) in [7, 11) is -2.37. The molecule has 1 aromatic rings. The molecule has 138 valence electrons. The van der Waals surface area contributed by atoms with Crippen molar-refractivity contribution in [1.82, 2.24) is 9.76 Å². The standard InChI is InChI=1S/C16H23N2O4PS2/c1-11(2)14-10-25-16(24)18(14)23(20,17-12(3)15(19)21-4)22-13-8-6-5-7-9-13/h5-9,11-12,14H,10H2,1-4H3,(H,17,20)/t12-,14+,23?/m0/s1. The Morgan fingerprint density at radius 3 is 2.56 bits per heavy atom. The Bertz CT molecular complexity index is 671. The van der Waals surface area contributed by atoms with E-state index in [1.807, 2.05) is 19.9 Å². The monoisotopic (exact) mass is 402 g/mol. The first kappa shape index (κ1) is 20.2. The molecule has 1 fully saturated rings. The summed E-state index contributed by atoms with van der Waals surface area (Å²) in [5, 5.41) is 2.83. The van der Waals surface area contributed by atoms with Crippen molar-refractivity contribution in [2.75, 3.05) is 12.9 Å². The number of carbonyl (C=O) groups is 1.